The maximum Gasteiger partial charge on any atom is 0.165 e. The van der Waals surface area contributed by atoms with E-state index in [1.807, 2.05) is 54.6 Å². The first-order valence-corrected chi connectivity index (χ1v) is 8.40. The molecule has 2 heterocycles. The Morgan fingerprint density at radius 1 is 0.852 bits per heavy atom. The molecule has 0 saturated heterocycles. The SMILES string of the molecule is COc1ccc(-c2cc(-c3ccccc3)c3c(N)ncnc3n2)c(OC)c1. The standard InChI is InChI=1S/C21H18N4O2/c1-26-14-8-9-15(18(10-14)27-2)17-11-16(13-6-4-3-5-7-13)19-20(22)23-12-24-21(19)25-17/h3-12H,1-2H3,(H2,22,23,24,25). The summed E-state index contributed by atoms with van der Waals surface area (Å²) in [5.41, 5.74) is 10.2. The Morgan fingerprint density at radius 2 is 1.67 bits per heavy atom. The number of pyridine rings is 1. The van der Waals surface area contributed by atoms with E-state index < -0.39 is 0 Å². The number of benzene rings is 2. The van der Waals surface area contributed by atoms with Crippen molar-refractivity contribution in [3.8, 4) is 33.9 Å². The third-order valence-corrected chi connectivity index (χ3v) is 4.40. The predicted octanol–water partition coefficient (Wildman–Crippen LogP) is 3.96. The predicted molar refractivity (Wildman–Crippen MR) is 106 cm³/mol. The fraction of sp³-hybridized carbons (Fsp3) is 0.0952. The van der Waals surface area contributed by atoms with Crippen molar-refractivity contribution in [3.05, 3.63) is 60.9 Å². The first-order valence-electron chi connectivity index (χ1n) is 8.40. The summed E-state index contributed by atoms with van der Waals surface area (Å²) >= 11 is 0. The molecule has 0 aliphatic heterocycles. The smallest absolute Gasteiger partial charge is 0.165 e. The van der Waals surface area contributed by atoms with Gasteiger partial charge in [-0.2, -0.15) is 0 Å². The van der Waals surface area contributed by atoms with Gasteiger partial charge in [-0.3, -0.25) is 0 Å². The van der Waals surface area contributed by atoms with Gasteiger partial charge in [-0.05, 0) is 29.3 Å². The molecule has 134 valence electrons. The van der Waals surface area contributed by atoms with Crippen molar-refractivity contribution in [1.29, 1.82) is 0 Å². The first kappa shape index (κ1) is 16.8. The molecule has 27 heavy (non-hydrogen) atoms. The minimum atomic E-state index is 0.402. The van der Waals surface area contributed by atoms with Gasteiger partial charge in [0.1, 0.15) is 23.6 Å². The zero-order valence-electron chi connectivity index (χ0n) is 15.0. The summed E-state index contributed by atoms with van der Waals surface area (Å²) in [5, 5.41) is 0.736. The van der Waals surface area contributed by atoms with Gasteiger partial charge in [-0.15, -0.1) is 0 Å². The van der Waals surface area contributed by atoms with Gasteiger partial charge in [0.05, 0.1) is 25.3 Å². The van der Waals surface area contributed by atoms with Crippen LogP contribution in [0.4, 0.5) is 5.82 Å². The van der Waals surface area contributed by atoms with Crippen molar-refractivity contribution < 1.29 is 9.47 Å². The molecule has 0 radical (unpaired) electrons. The topological polar surface area (TPSA) is 83.2 Å². The van der Waals surface area contributed by atoms with E-state index >= 15 is 0 Å². The number of hydrogen-bond acceptors (Lipinski definition) is 6. The zero-order valence-corrected chi connectivity index (χ0v) is 15.0. The Kier molecular flexibility index (Phi) is 4.30. The van der Waals surface area contributed by atoms with Crippen LogP contribution in [0.5, 0.6) is 11.5 Å². The zero-order chi connectivity index (χ0) is 18.8. The fourth-order valence-electron chi connectivity index (χ4n) is 3.08. The molecule has 0 unspecified atom stereocenters. The molecule has 0 amide bonds. The highest BCUT2D eigenvalue weighted by atomic mass is 16.5. The number of anilines is 1. The molecule has 2 aromatic heterocycles. The summed E-state index contributed by atoms with van der Waals surface area (Å²) in [6.45, 7) is 0. The van der Waals surface area contributed by atoms with E-state index in [9.17, 15) is 0 Å². The number of aromatic nitrogens is 3. The third-order valence-electron chi connectivity index (χ3n) is 4.40. The quantitative estimate of drug-likeness (QED) is 0.594. The minimum Gasteiger partial charge on any atom is -0.497 e. The molecular weight excluding hydrogens is 340 g/mol. The number of fused-ring (bicyclic) bond motifs is 1. The van der Waals surface area contributed by atoms with Crippen molar-refractivity contribution in [2.75, 3.05) is 20.0 Å². The number of nitrogens with two attached hydrogens (primary N) is 1. The van der Waals surface area contributed by atoms with Crippen molar-refractivity contribution in [1.82, 2.24) is 15.0 Å². The number of rotatable bonds is 4. The minimum absolute atomic E-state index is 0.402. The van der Waals surface area contributed by atoms with Crippen LogP contribution in [0.2, 0.25) is 0 Å². The lowest BCUT2D eigenvalue weighted by Crippen LogP contribution is -1.99. The maximum atomic E-state index is 6.14. The van der Waals surface area contributed by atoms with Crippen LogP contribution in [0.3, 0.4) is 0 Å². The van der Waals surface area contributed by atoms with Crippen LogP contribution in [-0.2, 0) is 0 Å². The monoisotopic (exact) mass is 358 g/mol. The number of nitrogens with zero attached hydrogens (tertiary/aromatic N) is 3. The van der Waals surface area contributed by atoms with Crippen molar-refractivity contribution >= 4 is 16.9 Å². The van der Waals surface area contributed by atoms with Crippen LogP contribution < -0.4 is 15.2 Å². The van der Waals surface area contributed by atoms with E-state index in [4.69, 9.17) is 20.2 Å². The Bertz CT molecular complexity index is 1110. The van der Waals surface area contributed by atoms with Crippen molar-refractivity contribution in [3.63, 3.8) is 0 Å². The van der Waals surface area contributed by atoms with E-state index in [1.54, 1.807) is 14.2 Å². The molecule has 0 fully saturated rings. The second-order valence-electron chi connectivity index (χ2n) is 5.94. The van der Waals surface area contributed by atoms with Gasteiger partial charge in [0.15, 0.2) is 5.65 Å². The second-order valence-corrected chi connectivity index (χ2v) is 5.94. The van der Waals surface area contributed by atoms with Crippen LogP contribution in [0.25, 0.3) is 33.4 Å². The van der Waals surface area contributed by atoms with E-state index in [1.165, 1.54) is 6.33 Å². The summed E-state index contributed by atoms with van der Waals surface area (Å²) < 4.78 is 10.8. The van der Waals surface area contributed by atoms with Crippen LogP contribution in [-0.4, -0.2) is 29.2 Å². The highest BCUT2D eigenvalue weighted by molar-refractivity contribution is 6.01. The van der Waals surface area contributed by atoms with Gasteiger partial charge < -0.3 is 15.2 Å². The summed E-state index contributed by atoms with van der Waals surface area (Å²) in [7, 11) is 3.24. The van der Waals surface area contributed by atoms with Gasteiger partial charge in [-0.25, -0.2) is 15.0 Å². The number of hydrogen-bond donors (Lipinski definition) is 1. The fourth-order valence-corrected chi connectivity index (χ4v) is 3.08. The molecule has 4 aromatic rings. The highest BCUT2D eigenvalue weighted by Crippen LogP contribution is 2.37. The van der Waals surface area contributed by atoms with Crippen LogP contribution in [0, 0.1) is 0 Å². The van der Waals surface area contributed by atoms with Crippen LogP contribution >= 0.6 is 0 Å². The van der Waals surface area contributed by atoms with Crippen LogP contribution in [0.15, 0.2) is 60.9 Å². The molecule has 0 aliphatic carbocycles. The molecule has 0 spiro atoms. The molecule has 0 aliphatic rings. The van der Waals surface area contributed by atoms with Gasteiger partial charge in [0.2, 0.25) is 0 Å². The Labute approximate surface area is 156 Å². The molecule has 6 nitrogen and oxygen atoms in total. The second kappa shape index (κ2) is 6.92. The Morgan fingerprint density at radius 3 is 2.41 bits per heavy atom. The molecule has 0 saturated carbocycles. The average molecular weight is 358 g/mol. The maximum absolute atomic E-state index is 6.14. The van der Waals surface area contributed by atoms with Crippen LogP contribution in [0.1, 0.15) is 0 Å². The lowest BCUT2D eigenvalue weighted by Gasteiger charge is -2.13. The number of nitrogen functional groups attached to an aromatic ring is 1. The van der Waals surface area contributed by atoms with Gasteiger partial charge in [0.25, 0.3) is 0 Å². The Hall–Kier alpha value is -3.67. The average Bonchev–Trinajstić information content (AvgIpc) is 2.73. The van der Waals surface area contributed by atoms with Gasteiger partial charge >= 0.3 is 0 Å². The third kappa shape index (κ3) is 3.01. The van der Waals surface area contributed by atoms with E-state index in [2.05, 4.69) is 9.97 Å². The van der Waals surface area contributed by atoms with E-state index in [0.717, 1.165) is 27.8 Å². The molecular formula is C21H18N4O2. The summed E-state index contributed by atoms with van der Waals surface area (Å²) in [6, 6.07) is 17.6. The van der Waals surface area contributed by atoms with Gasteiger partial charge in [-0.1, -0.05) is 30.3 Å². The normalized spacial score (nSPS) is 10.7. The molecule has 2 N–H and O–H groups in total. The van der Waals surface area contributed by atoms with E-state index in [0.29, 0.717) is 23.0 Å². The molecule has 2 aromatic carbocycles. The molecule has 0 bridgehead atoms. The van der Waals surface area contributed by atoms with Gasteiger partial charge in [0, 0.05) is 11.6 Å². The van der Waals surface area contributed by atoms with Crippen molar-refractivity contribution in [2.24, 2.45) is 0 Å². The Balaban J connectivity index is 2.01. The number of ether oxygens (including phenoxy) is 2. The largest absolute Gasteiger partial charge is 0.497 e. The lowest BCUT2D eigenvalue weighted by atomic mass is 9.99. The molecule has 0 atom stereocenters. The highest BCUT2D eigenvalue weighted by Gasteiger charge is 2.16. The molecule has 6 heteroatoms. The number of methoxy groups -OCH3 is 2. The molecule has 4 rings (SSSR count). The van der Waals surface area contributed by atoms with Crippen molar-refractivity contribution in [2.45, 2.75) is 0 Å². The lowest BCUT2D eigenvalue weighted by molar-refractivity contribution is 0.395. The first-order chi connectivity index (χ1) is 13.2. The summed E-state index contributed by atoms with van der Waals surface area (Å²) in [5.74, 6) is 1.79. The van der Waals surface area contributed by atoms with E-state index in [-0.39, 0.29) is 0 Å². The summed E-state index contributed by atoms with van der Waals surface area (Å²) in [4.78, 5) is 13.2. The summed E-state index contributed by atoms with van der Waals surface area (Å²) in [6.07, 6.45) is 1.43.